The first kappa shape index (κ1) is 13.1. The molecule has 1 aromatic rings. The summed E-state index contributed by atoms with van der Waals surface area (Å²) in [6.45, 7) is 4.56. The second kappa shape index (κ2) is 6.01. The van der Waals surface area contributed by atoms with E-state index in [1.165, 1.54) is 42.5 Å². The molecule has 2 rings (SSSR count). The molecule has 0 saturated heterocycles. The third-order valence-electron chi connectivity index (χ3n) is 4.42. The molecule has 0 bridgehead atoms. The van der Waals surface area contributed by atoms with Gasteiger partial charge in [-0.25, -0.2) is 0 Å². The van der Waals surface area contributed by atoms with Gasteiger partial charge in [0.1, 0.15) is 0 Å². The van der Waals surface area contributed by atoms with Gasteiger partial charge in [0, 0.05) is 10.9 Å². The lowest BCUT2D eigenvalue weighted by Crippen LogP contribution is -2.30. The summed E-state index contributed by atoms with van der Waals surface area (Å²) in [5.74, 6) is 1.57. The SMILES string of the molecule is CCc1ccsc1C(N)C1CCCCC1CC. The third-order valence-corrected chi connectivity index (χ3v) is 5.48. The lowest BCUT2D eigenvalue weighted by atomic mass is 9.73. The highest BCUT2D eigenvalue weighted by molar-refractivity contribution is 7.10. The Balaban J connectivity index is 2.15. The minimum Gasteiger partial charge on any atom is -0.323 e. The standard InChI is InChI=1S/C15H25NS/c1-3-11-7-5-6-8-13(11)14(16)15-12(4-2)9-10-17-15/h9-11,13-14H,3-8,16H2,1-2H3. The molecule has 17 heavy (non-hydrogen) atoms. The van der Waals surface area contributed by atoms with Crippen LogP contribution in [-0.4, -0.2) is 0 Å². The van der Waals surface area contributed by atoms with Gasteiger partial charge in [-0.1, -0.05) is 39.5 Å². The maximum Gasteiger partial charge on any atom is 0.0423 e. The summed E-state index contributed by atoms with van der Waals surface area (Å²) in [4.78, 5) is 1.46. The molecule has 0 radical (unpaired) electrons. The largest absolute Gasteiger partial charge is 0.323 e. The second-order valence-corrected chi connectivity index (χ2v) is 6.25. The Kier molecular flexibility index (Phi) is 4.63. The van der Waals surface area contributed by atoms with Crippen LogP contribution in [0.2, 0.25) is 0 Å². The van der Waals surface area contributed by atoms with E-state index in [4.69, 9.17) is 5.73 Å². The van der Waals surface area contributed by atoms with Crippen molar-refractivity contribution in [2.75, 3.05) is 0 Å². The Morgan fingerprint density at radius 2 is 2.12 bits per heavy atom. The van der Waals surface area contributed by atoms with E-state index in [2.05, 4.69) is 25.3 Å². The van der Waals surface area contributed by atoms with Crippen LogP contribution in [-0.2, 0) is 6.42 Å². The van der Waals surface area contributed by atoms with Crippen LogP contribution < -0.4 is 5.73 Å². The lowest BCUT2D eigenvalue weighted by molar-refractivity contribution is 0.197. The molecule has 1 heterocycles. The van der Waals surface area contributed by atoms with Gasteiger partial charge in [-0.2, -0.15) is 0 Å². The molecule has 3 unspecified atom stereocenters. The fourth-order valence-corrected chi connectivity index (χ4v) is 4.42. The summed E-state index contributed by atoms with van der Waals surface area (Å²) >= 11 is 1.86. The average molecular weight is 251 g/mol. The molecule has 1 aliphatic carbocycles. The average Bonchev–Trinajstić information content (AvgIpc) is 2.86. The zero-order valence-electron chi connectivity index (χ0n) is 11.1. The smallest absolute Gasteiger partial charge is 0.0423 e. The first-order valence-corrected chi connectivity index (χ1v) is 7.97. The van der Waals surface area contributed by atoms with E-state index in [0.29, 0.717) is 0 Å². The van der Waals surface area contributed by atoms with Gasteiger partial charge in [-0.15, -0.1) is 11.3 Å². The fourth-order valence-electron chi connectivity index (χ4n) is 3.34. The Bertz CT molecular complexity index is 344. The fraction of sp³-hybridized carbons (Fsp3) is 0.733. The minimum absolute atomic E-state index is 0.287. The summed E-state index contributed by atoms with van der Waals surface area (Å²) in [5, 5.41) is 2.21. The Labute approximate surface area is 109 Å². The van der Waals surface area contributed by atoms with E-state index in [1.54, 1.807) is 0 Å². The van der Waals surface area contributed by atoms with E-state index < -0.39 is 0 Å². The summed E-state index contributed by atoms with van der Waals surface area (Å²) in [6, 6.07) is 2.54. The van der Waals surface area contributed by atoms with Crippen molar-refractivity contribution in [1.82, 2.24) is 0 Å². The van der Waals surface area contributed by atoms with E-state index in [-0.39, 0.29) is 6.04 Å². The van der Waals surface area contributed by atoms with Gasteiger partial charge in [0.25, 0.3) is 0 Å². The molecule has 2 heteroatoms. The Morgan fingerprint density at radius 1 is 1.35 bits per heavy atom. The van der Waals surface area contributed by atoms with Crippen LogP contribution in [0.25, 0.3) is 0 Å². The van der Waals surface area contributed by atoms with Crippen LogP contribution >= 0.6 is 11.3 Å². The van der Waals surface area contributed by atoms with Gasteiger partial charge < -0.3 is 5.73 Å². The van der Waals surface area contributed by atoms with E-state index in [1.807, 2.05) is 11.3 Å². The lowest BCUT2D eigenvalue weighted by Gasteiger charge is -2.35. The molecule has 1 aromatic heterocycles. The topological polar surface area (TPSA) is 26.0 Å². The van der Waals surface area contributed by atoms with Crippen LogP contribution in [0.5, 0.6) is 0 Å². The monoisotopic (exact) mass is 251 g/mol. The highest BCUT2D eigenvalue weighted by Crippen LogP contribution is 2.41. The minimum atomic E-state index is 0.287. The van der Waals surface area contributed by atoms with Crippen LogP contribution in [0, 0.1) is 11.8 Å². The molecular formula is C15H25NS. The number of hydrogen-bond donors (Lipinski definition) is 1. The van der Waals surface area contributed by atoms with Crippen LogP contribution in [0.4, 0.5) is 0 Å². The molecule has 1 fully saturated rings. The van der Waals surface area contributed by atoms with E-state index in [0.717, 1.165) is 18.3 Å². The van der Waals surface area contributed by atoms with Crippen LogP contribution in [0.3, 0.4) is 0 Å². The van der Waals surface area contributed by atoms with Gasteiger partial charge in [0.05, 0.1) is 0 Å². The number of nitrogens with two attached hydrogens (primary N) is 1. The van der Waals surface area contributed by atoms with Crippen molar-refractivity contribution in [3.05, 3.63) is 21.9 Å². The molecule has 1 aliphatic rings. The normalized spacial score (nSPS) is 27.0. The van der Waals surface area contributed by atoms with Crippen LogP contribution in [0.1, 0.15) is 62.4 Å². The molecule has 0 spiro atoms. The summed E-state index contributed by atoms with van der Waals surface area (Å²) in [7, 11) is 0. The van der Waals surface area contributed by atoms with Crippen molar-refractivity contribution in [3.63, 3.8) is 0 Å². The molecule has 0 aliphatic heterocycles. The summed E-state index contributed by atoms with van der Waals surface area (Å²) < 4.78 is 0. The molecule has 2 N–H and O–H groups in total. The number of rotatable bonds is 4. The predicted molar refractivity (Wildman–Crippen MR) is 76.4 cm³/mol. The van der Waals surface area contributed by atoms with Crippen molar-refractivity contribution in [2.45, 2.75) is 58.4 Å². The molecule has 1 saturated carbocycles. The van der Waals surface area contributed by atoms with Gasteiger partial charge in [0.15, 0.2) is 0 Å². The number of aryl methyl sites for hydroxylation is 1. The van der Waals surface area contributed by atoms with Crippen molar-refractivity contribution in [1.29, 1.82) is 0 Å². The van der Waals surface area contributed by atoms with Crippen molar-refractivity contribution < 1.29 is 0 Å². The quantitative estimate of drug-likeness (QED) is 0.836. The van der Waals surface area contributed by atoms with Crippen molar-refractivity contribution in [3.8, 4) is 0 Å². The van der Waals surface area contributed by atoms with Gasteiger partial charge >= 0.3 is 0 Å². The summed E-state index contributed by atoms with van der Waals surface area (Å²) in [6.07, 6.45) is 7.93. The highest BCUT2D eigenvalue weighted by atomic mass is 32.1. The number of thiophene rings is 1. The summed E-state index contributed by atoms with van der Waals surface area (Å²) in [5.41, 5.74) is 8.04. The predicted octanol–water partition coefficient (Wildman–Crippen LogP) is 4.53. The van der Waals surface area contributed by atoms with Crippen molar-refractivity contribution in [2.24, 2.45) is 17.6 Å². The van der Waals surface area contributed by atoms with E-state index in [9.17, 15) is 0 Å². The molecule has 1 nitrogen and oxygen atoms in total. The Hall–Kier alpha value is -0.340. The highest BCUT2D eigenvalue weighted by Gasteiger charge is 2.30. The number of hydrogen-bond acceptors (Lipinski definition) is 2. The zero-order chi connectivity index (χ0) is 12.3. The second-order valence-electron chi connectivity index (χ2n) is 5.31. The molecule has 3 atom stereocenters. The Morgan fingerprint density at radius 3 is 2.82 bits per heavy atom. The van der Waals surface area contributed by atoms with Crippen LogP contribution in [0.15, 0.2) is 11.4 Å². The third kappa shape index (κ3) is 2.74. The van der Waals surface area contributed by atoms with E-state index >= 15 is 0 Å². The van der Waals surface area contributed by atoms with Gasteiger partial charge in [-0.05, 0) is 41.7 Å². The molecule has 96 valence electrons. The molecule has 0 amide bonds. The maximum absolute atomic E-state index is 6.57. The molecular weight excluding hydrogens is 226 g/mol. The zero-order valence-corrected chi connectivity index (χ0v) is 11.9. The van der Waals surface area contributed by atoms with Gasteiger partial charge in [0.2, 0.25) is 0 Å². The first-order chi connectivity index (χ1) is 8.27. The van der Waals surface area contributed by atoms with Crippen molar-refractivity contribution >= 4 is 11.3 Å². The van der Waals surface area contributed by atoms with Gasteiger partial charge in [-0.3, -0.25) is 0 Å². The molecule has 0 aromatic carbocycles. The maximum atomic E-state index is 6.57. The first-order valence-electron chi connectivity index (χ1n) is 7.09.